The Morgan fingerprint density at radius 1 is 0.806 bits per heavy atom. The lowest BCUT2D eigenvalue weighted by molar-refractivity contribution is 0.185. The molecule has 3 rings (SSSR count). The highest BCUT2D eigenvalue weighted by Crippen LogP contribution is 2.41. The molecule has 0 heterocycles. The Kier molecular flexibility index (Phi) is 10.7. The first-order valence-electron chi connectivity index (χ1n) is 13.5. The van der Waals surface area contributed by atoms with E-state index in [1.165, 1.54) is 108 Å². The molecule has 2 aliphatic carbocycles. The van der Waals surface area contributed by atoms with E-state index in [9.17, 15) is 0 Å². The average molecular weight is 420 g/mol. The summed E-state index contributed by atoms with van der Waals surface area (Å²) in [5, 5.41) is 8.93. The molecule has 1 fully saturated rings. The normalized spacial score (nSPS) is 23.9. The molecular weight excluding hydrogens is 374 g/mol. The van der Waals surface area contributed by atoms with Crippen molar-refractivity contribution in [1.29, 1.82) is 5.26 Å². The molecule has 1 unspecified atom stereocenters. The van der Waals surface area contributed by atoms with Gasteiger partial charge in [-0.3, -0.25) is 0 Å². The van der Waals surface area contributed by atoms with Crippen molar-refractivity contribution >= 4 is 0 Å². The van der Waals surface area contributed by atoms with Crippen molar-refractivity contribution in [1.82, 2.24) is 0 Å². The van der Waals surface area contributed by atoms with Crippen LogP contribution in [-0.2, 0) is 6.42 Å². The largest absolute Gasteiger partial charge is 0.192 e. The van der Waals surface area contributed by atoms with Gasteiger partial charge in [-0.05, 0) is 80.4 Å². The molecular formula is C30H45N. The van der Waals surface area contributed by atoms with Gasteiger partial charge in [0.1, 0.15) is 0 Å². The van der Waals surface area contributed by atoms with Crippen LogP contribution in [0.25, 0.3) is 0 Å². The molecule has 0 bridgehead atoms. The standard InChI is InChI=1S/C30H45N/c1-2-3-4-5-6-7-8-9-25-16-20-29(21-17-25)30-22-18-27(19-23-30)11-10-26-12-14-28(24-31)15-13-26/h12-15,18,25,29-30H,2-11,16-17,19-23H2,1H3. The molecule has 31 heavy (non-hydrogen) atoms. The van der Waals surface area contributed by atoms with E-state index in [1.54, 1.807) is 5.57 Å². The molecule has 1 saturated carbocycles. The van der Waals surface area contributed by atoms with E-state index >= 15 is 0 Å². The van der Waals surface area contributed by atoms with Crippen LogP contribution in [0.1, 0.15) is 121 Å². The minimum Gasteiger partial charge on any atom is -0.192 e. The summed E-state index contributed by atoms with van der Waals surface area (Å²) in [5.41, 5.74) is 3.80. The number of aryl methyl sites for hydroxylation is 1. The molecule has 0 spiro atoms. The number of rotatable bonds is 12. The van der Waals surface area contributed by atoms with Crippen molar-refractivity contribution in [3.05, 3.63) is 47.0 Å². The maximum Gasteiger partial charge on any atom is 0.0991 e. The first-order chi connectivity index (χ1) is 15.3. The first-order valence-corrected chi connectivity index (χ1v) is 13.5. The van der Waals surface area contributed by atoms with E-state index in [-0.39, 0.29) is 0 Å². The molecule has 2 aliphatic rings. The van der Waals surface area contributed by atoms with Crippen LogP contribution < -0.4 is 0 Å². The van der Waals surface area contributed by atoms with Gasteiger partial charge in [-0.25, -0.2) is 0 Å². The lowest BCUT2D eigenvalue weighted by Crippen LogP contribution is -2.23. The average Bonchev–Trinajstić information content (AvgIpc) is 2.83. The Labute approximate surface area is 192 Å². The van der Waals surface area contributed by atoms with Crippen molar-refractivity contribution in [3.63, 3.8) is 0 Å². The van der Waals surface area contributed by atoms with E-state index in [0.717, 1.165) is 29.7 Å². The quantitative estimate of drug-likeness (QED) is 0.245. The highest BCUT2D eigenvalue weighted by molar-refractivity contribution is 5.32. The Hall–Kier alpha value is -1.55. The van der Waals surface area contributed by atoms with Gasteiger partial charge in [0.15, 0.2) is 0 Å². The van der Waals surface area contributed by atoms with Gasteiger partial charge in [0.25, 0.3) is 0 Å². The molecule has 1 atom stereocenters. The summed E-state index contributed by atoms with van der Waals surface area (Å²) < 4.78 is 0. The van der Waals surface area contributed by atoms with Gasteiger partial charge in [-0.15, -0.1) is 0 Å². The van der Waals surface area contributed by atoms with Crippen molar-refractivity contribution in [3.8, 4) is 6.07 Å². The molecule has 0 aliphatic heterocycles. The summed E-state index contributed by atoms with van der Waals surface area (Å²) >= 11 is 0. The van der Waals surface area contributed by atoms with Crippen molar-refractivity contribution < 1.29 is 0 Å². The molecule has 0 saturated heterocycles. The third-order valence-corrected chi connectivity index (χ3v) is 8.14. The maximum atomic E-state index is 8.93. The second-order valence-electron chi connectivity index (χ2n) is 10.4. The molecule has 1 aromatic carbocycles. The highest BCUT2D eigenvalue weighted by Gasteiger charge is 2.28. The molecule has 1 aromatic rings. The molecule has 170 valence electrons. The van der Waals surface area contributed by atoms with Gasteiger partial charge in [0.05, 0.1) is 11.6 Å². The number of hydrogen-bond acceptors (Lipinski definition) is 1. The Bertz CT molecular complexity index is 684. The summed E-state index contributed by atoms with van der Waals surface area (Å²) in [4.78, 5) is 0. The third kappa shape index (κ3) is 8.48. The number of unbranched alkanes of at least 4 members (excludes halogenated alkanes) is 6. The maximum absolute atomic E-state index is 8.93. The second kappa shape index (κ2) is 13.8. The molecule has 1 heteroatoms. The summed E-state index contributed by atoms with van der Waals surface area (Å²) in [6.45, 7) is 2.30. The molecule has 0 aromatic heterocycles. The molecule has 0 N–H and O–H groups in total. The molecule has 0 radical (unpaired) electrons. The predicted molar refractivity (Wildman–Crippen MR) is 133 cm³/mol. The number of nitrogens with zero attached hydrogens (tertiary/aromatic N) is 1. The summed E-state index contributed by atoms with van der Waals surface area (Å²) in [7, 11) is 0. The van der Waals surface area contributed by atoms with E-state index in [0.29, 0.717) is 0 Å². The van der Waals surface area contributed by atoms with Gasteiger partial charge in [-0.1, -0.05) is 94.9 Å². The third-order valence-electron chi connectivity index (χ3n) is 8.14. The van der Waals surface area contributed by atoms with Crippen LogP contribution >= 0.6 is 0 Å². The monoisotopic (exact) mass is 419 g/mol. The Morgan fingerprint density at radius 3 is 2.16 bits per heavy atom. The van der Waals surface area contributed by atoms with Crippen LogP contribution in [0.5, 0.6) is 0 Å². The fraction of sp³-hybridized carbons (Fsp3) is 0.700. The number of benzene rings is 1. The van der Waals surface area contributed by atoms with E-state index in [2.05, 4.69) is 31.2 Å². The lowest BCUT2D eigenvalue weighted by atomic mass is 9.70. The van der Waals surface area contributed by atoms with E-state index < -0.39 is 0 Å². The lowest BCUT2D eigenvalue weighted by Gasteiger charge is -2.35. The minimum atomic E-state index is 0.764. The van der Waals surface area contributed by atoms with Crippen molar-refractivity contribution in [2.45, 2.75) is 116 Å². The SMILES string of the molecule is CCCCCCCCCC1CCC(C2CC=C(CCc3ccc(C#N)cc3)CC2)CC1. The summed E-state index contributed by atoms with van der Waals surface area (Å²) in [5.74, 6) is 2.99. The predicted octanol–water partition coefficient (Wildman–Crippen LogP) is 9.16. The smallest absolute Gasteiger partial charge is 0.0991 e. The van der Waals surface area contributed by atoms with E-state index in [1.807, 2.05) is 12.1 Å². The second-order valence-corrected chi connectivity index (χ2v) is 10.4. The summed E-state index contributed by atoms with van der Waals surface area (Å²) in [6.07, 6.45) is 26.6. The first kappa shape index (κ1) is 24.1. The van der Waals surface area contributed by atoms with Crippen LogP contribution in [0.2, 0.25) is 0 Å². The van der Waals surface area contributed by atoms with Gasteiger partial charge in [0, 0.05) is 0 Å². The van der Waals surface area contributed by atoms with Gasteiger partial charge >= 0.3 is 0 Å². The van der Waals surface area contributed by atoms with Gasteiger partial charge in [0.2, 0.25) is 0 Å². The fourth-order valence-corrected chi connectivity index (χ4v) is 5.95. The Morgan fingerprint density at radius 2 is 1.52 bits per heavy atom. The van der Waals surface area contributed by atoms with Crippen LogP contribution in [0.4, 0.5) is 0 Å². The van der Waals surface area contributed by atoms with Gasteiger partial charge < -0.3 is 0 Å². The van der Waals surface area contributed by atoms with Gasteiger partial charge in [-0.2, -0.15) is 5.26 Å². The summed E-state index contributed by atoms with van der Waals surface area (Å²) in [6, 6.07) is 10.3. The van der Waals surface area contributed by atoms with Crippen molar-refractivity contribution in [2.24, 2.45) is 17.8 Å². The minimum absolute atomic E-state index is 0.764. The van der Waals surface area contributed by atoms with Crippen LogP contribution in [0.15, 0.2) is 35.9 Å². The fourth-order valence-electron chi connectivity index (χ4n) is 5.95. The zero-order chi connectivity index (χ0) is 21.7. The van der Waals surface area contributed by atoms with Crippen LogP contribution in [-0.4, -0.2) is 0 Å². The van der Waals surface area contributed by atoms with Crippen molar-refractivity contribution in [2.75, 3.05) is 0 Å². The molecule has 0 amide bonds. The topological polar surface area (TPSA) is 23.8 Å². The number of nitriles is 1. The van der Waals surface area contributed by atoms with Crippen LogP contribution in [0.3, 0.4) is 0 Å². The van der Waals surface area contributed by atoms with E-state index in [4.69, 9.17) is 5.26 Å². The zero-order valence-corrected chi connectivity index (χ0v) is 20.1. The number of hydrogen-bond donors (Lipinski definition) is 0. The Balaban J connectivity index is 1.28. The zero-order valence-electron chi connectivity index (χ0n) is 20.1. The number of allylic oxidation sites excluding steroid dienone is 2. The highest BCUT2D eigenvalue weighted by atomic mass is 14.3. The molecule has 1 nitrogen and oxygen atoms in total. The van der Waals surface area contributed by atoms with Crippen LogP contribution in [0, 0.1) is 29.1 Å².